The Bertz CT molecular complexity index is 812. The standard InChI is InChI=1S/C26H48N4O4Si.O2Si/c1-5-34-35(20(2)21(35)3)19-11-16-28-24(31)14-7-6-8-17-29(4)26(33)23-13-10-18-30(23)25(32)22-12-9-15-27-22;1-3-2/h20-23,27H,5-19H2,1-4H3,(H,28,31);/t20?,21?,22-,23-,35?;/m0./s1. The van der Waals surface area contributed by atoms with Crippen LogP contribution in [0.4, 0.5) is 0 Å². The van der Waals surface area contributed by atoms with Gasteiger partial charge in [-0.05, 0) is 75.5 Å². The van der Waals surface area contributed by atoms with Crippen LogP contribution in [0.5, 0.6) is 0 Å². The molecule has 0 aromatic heterocycles. The predicted molar refractivity (Wildman–Crippen MR) is 148 cm³/mol. The highest BCUT2D eigenvalue weighted by Crippen LogP contribution is 2.61. The number of carbonyl (C=O) groups is 3. The van der Waals surface area contributed by atoms with Crippen molar-refractivity contribution < 1.29 is 27.7 Å². The van der Waals surface area contributed by atoms with E-state index in [9.17, 15) is 14.4 Å². The molecule has 0 bridgehead atoms. The Kier molecular flexibility index (Phi) is 14.1. The van der Waals surface area contributed by atoms with E-state index in [0.717, 1.165) is 88.2 Å². The monoisotopic (exact) mass is 568 g/mol. The average Bonchev–Trinajstić information content (AvgIpc) is 3.42. The molecule has 3 amide bonds. The second-order valence-electron chi connectivity index (χ2n) is 10.9. The molecule has 216 valence electrons. The van der Waals surface area contributed by atoms with Crippen molar-refractivity contribution in [1.82, 2.24) is 20.4 Å². The molecule has 0 saturated carbocycles. The van der Waals surface area contributed by atoms with Gasteiger partial charge in [0.2, 0.25) is 17.7 Å². The van der Waals surface area contributed by atoms with E-state index in [0.29, 0.717) is 19.5 Å². The molecule has 3 heterocycles. The molecule has 10 nitrogen and oxygen atoms in total. The van der Waals surface area contributed by atoms with Gasteiger partial charge in [0.15, 0.2) is 8.32 Å². The number of nitrogens with zero attached hydrogens (tertiary/aromatic N) is 2. The fraction of sp³-hybridized carbons (Fsp3) is 0.885. The Hall–Kier alpha value is -1.64. The van der Waals surface area contributed by atoms with Crippen molar-refractivity contribution in [2.45, 2.75) is 108 Å². The first-order chi connectivity index (χ1) is 18.2. The average molecular weight is 569 g/mol. The van der Waals surface area contributed by atoms with Gasteiger partial charge in [0.05, 0.1) is 6.04 Å². The molecule has 3 aliphatic heterocycles. The summed E-state index contributed by atoms with van der Waals surface area (Å²) in [6.45, 7) is 10.5. The van der Waals surface area contributed by atoms with Crippen LogP contribution in [0.25, 0.3) is 0 Å². The zero-order chi connectivity index (χ0) is 28.1. The zero-order valence-electron chi connectivity index (χ0n) is 23.8. The molecule has 3 rings (SSSR count). The van der Waals surface area contributed by atoms with Crippen molar-refractivity contribution in [2.24, 2.45) is 0 Å². The lowest BCUT2D eigenvalue weighted by molar-refractivity contribution is -0.144. The highest BCUT2D eigenvalue weighted by atomic mass is 28.4. The van der Waals surface area contributed by atoms with Gasteiger partial charge in [-0.2, -0.15) is 0 Å². The second kappa shape index (κ2) is 16.5. The molecule has 0 aromatic carbocycles. The lowest BCUT2D eigenvalue weighted by Gasteiger charge is -2.29. The highest BCUT2D eigenvalue weighted by molar-refractivity contribution is 6.87. The summed E-state index contributed by atoms with van der Waals surface area (Å²) in [6, 6.07) is 0.714. The summed E-state index contributed by atoms with van der Waals surface area (Å²) in [5, 5.41) is 6.33. The first-order valence-electron chi connectivity index (χ1n) is 14.4. The van der Waals surface area contributed by atoms with Gasteiger partial charge in [0.25, 0.3) is 0 Å². The number of likely N-dealkylation sites (tertiary alicyclic amines) is 1. The molecular formula is C26H48N4O6Si2. The van der Waals surface area contributed by atoms with Gasteiger partial charge in [0.1, 0.15) is 6.04 Å². The molecule has 0 spiro atoms. The molecule has 4 atom stereocenters. The van der Waals surface area contributed by atoms with E-state index in [2.05, 4.69) is 31.4 Å². The smallest absolute Gasteiger partial charge is 0.417 e. The summed E-state index contributed by atoms with van der Waals surface area (Å²) in [4.78, 5) is 41.6. The lowest BCUT2D eigenvalue weighted by Crippen LogP contribution is -2.51. The fourth-order valence-corrected chi connectivity index (χ4v) is 11.2. The maximum atomic E-state index is 13.0. The van der Waals surface area contributed by atoms with E-state index in [1.807, 2.05) is 7.05 Å². The Morgan fingerprint density at radius 3 is 2.39 bits per heavy atom. The topological polar surface area (TPSA) is 125 Å². The number of amides is 3. The molecule has 3 saturated heterocycles. The van der Waals surface area contributed by atoms with Crippen molar-refractivity contribution in [3.05, 3.63) is 0 Å². The zero-order valence-corrected chi connectivity index (χ0v) is 25.8. The van der Waals surface area contributed by atoms with E-state index in [4.69, 9.17) is 13.3 Å². The number of carbonyl (C=O) groups excluding carboxylic acids is 3. The van der Waals surface area contributed by atoms with Crippen LogP contribution >= 0.6 is 0 Å². The summed E-state index contributed by atoms with van der Waals surface area (Å²) in [6.07, 6.45) is 7.72. The van der Waals surface area contributed by atoms with Crippen LogP contribution in [-0.2, 0) is 27.7 Å². The summed E-state index contributed by atoms with van der Waals surface area (Å²) in [5.74, 6) is 0.271. The quantitative estimate of drug-likeness (QED) is 0.244. The van der Waals surface area contributed by atoms with E-state index in [1.54, 1.807) is 9.80 Å². The number of nitrogens with one attached hydrogen (secondary N) is 2. The Balaban J connectivity index is 0.00000161. The number of hydrogen-bond acceptors (Lipinski definition) is 7. The van der Waals surface area contributed by atoms with Gasteiger partial charge in [-0.25, -0.2) is 0 Å². The molecular weight excluding hydrogens is 520 g/mol. The SMILES string of the molecule is CCO[Si]1(CCCNC(=O)CCCCCN(C)C(=O)[C@@H]2CCCN2C(=O)[C@@H]2CCCN2)C(C)C1C.O=[Si]=O. The predicted octanol–water partition coefficient (Wildman–Crippen LogP) is 2.41. The normalized spacial score (nSPS) is 27.7. The minimum Gasteiger partial charge on any atom is -0.417 e. The summed E-state index contributed by atoms with van der Waals surface area (Å²) >= 11 is 0. The molecule has 3 fully saturated rings. The molecule has 2 unspecified atom stereocenters. The summed E-state index contributed by atoms with van der Waals surface area (Å²) in [5.41, 5.74) is 1.48. The molecule has 2 N–H and O–H groups in total. The highest BCUT2D eigenvalue weighted by Gasteiger charge is 2.62. The van der Waals surface area contributed by atoms with Crippen molar-refractivity contribution in [3.8, 4) is 0 Å². The number of hydrogen-bond donors (Lipinski definition) is 2. The summed E-state index contributed by atoms with van der Waals surface area (Å²) < 4.78 is 23.0. The molecule has 0 aromatic rings. The van der Waals surface area contributed by atoms with Gasteiger partial charge in [-0.3, -0.25) is 23.3 Å². The van der Waals surface area contributed by atoms with Crippen LogP contribution in [0.2, 0.25) is 17.1 Å². The second-order valence-corrected chi connectivity index (χ2v) is 15.6. The van der Waals surface area contributed by atoms with Gasteiger partial charge >= 0.3 is 9.29 Å². The first-order valence-corrected chi connectivity index (χ1v) is 17.5. The van der Waals surface area contributed by atoms with E-state index in [1.165, 1.54) is 0 Å². The third-order valence-electron chi connectivity index (χ3n) is 8.61. The number of rotatable bonds is 14. The third-order valence-corrected chi connectivity index (χ3v) is 14.3. The molecule has 0 aliphatic carbocycles. The minimum absolute atomic E-state index is 0.0549. The Morgan fingerprint density at radius 1 is 1.08 bits per heavy atom. The fourth-order valence-electron chi connectivity index (χ4n) is 6.12. The van der Waals surface area contributed by atoms with E-state index in [-0.39, 0.29) is 29.8 Å². The molecule has 38 heavy (non-hydrogen) atoms. The van der Waals surface area contributed by atoms with Gasteiger partial charge in [0, 0.05) is 39.7 Å². The number of likely N-dealkylation sites (N-methyl/N-ethyl adjacent to an activating group) is 1. The Labute approximate surface area is 231 Å². The number of unbranched alkanes of at least 4 members (excludes halogenated alkanes) is 2. The molecule has 0 radical (unpaired) electrons. The van der Waals surface area contributed by atoms with Crippen molar-refractivity contribution in [3.63, 3.8) is 0 Å². The van der Waals surface area contributed by atoms with Crippen LogP contribution in [0.1, 0.15) is 78.6 Å². The van der Waals surface area contributed by atoms with E-state index < -0.39 is 17.6 Å². The Morgan fingerprint density at radius 2 is 1.79 bits per heavy atom. The maximum Gasteiger partial charge on any atom is 0.549 e. The van der Waals surface area contributed by atoms with Gasteiger partial charge in [-0.15, -0.1) is 0 Å². The lowest BCUT2D eigenvalue weighted by atomic mass is 10.1. The van der Waals surface area contributed by atoms with E-state index >= 15 is 0 Å². The van der Waals surface area contributed by atoms with Gasteiger partial charge in [-0.1, -0.05) is 20.3 Å². The maximum absolute atomic E-state index is 13.0. The molecule has 12 heteroatoms. The van der Waals surface area contributed by atoms with Crippen LogP contribution in [0.15, 0.2) is 0 Å². The van der Waals surface area contributed by atoms with Crippen molar-refractivity contribution in [2.75, 3.05) is 39.8 Å². The summed E-state index contributed by atoms with van der Waals surface area (Å²) in [7, 11) is -1.10. The third kappa shape index (κ3) is 8.95. The van der Waals surface area contributed by atoms with Crippen LogP contribution < -0.4 is 10.6 Å². The van der Waals surface area contributed by atoms with Gasteiger partial charge < -0.3 is 24.9 Å². The van der Waals surface area contributed by atoms with Crippen molar-refractivity contribution in [1.29, 1.82) is 0 Å². The molecule has 3 aliphatic rings. The van der Waals surface area contributed by atoms with Crippen LogP contribution in [0, 0.1) is 0 Å². The van der Waals surface area contributed by atoms with Crippen molar-refractivity contribution >= 4 is 35.3 Å². The minimum atomic E-state index is -1.52. The van der Waals surface area contributed by atoms with Crippen LogP contribution in [0.3, 0.4) is 0 Å². The largest absolute Gasteiger partial charge is 0.549 e. The van der Waals surface area contributed by atoms with Crippen LogP contribution in [-0.4, -0.2) is 97.0 Å². The first kappa shape index (κ1) is 32.6.